The minimum Gasteiger partial charge on any atom is -0.197 e. The van der Waals surface area contributed by atoms with Crippen molar-refractivity contribution in [2.75, 3.05) is 18.3 Å². The van der Waals surface area contributed by atoms with Gasteiger partial charge in [0.05, 0.1) is 6.07 Å². The Labute approximate surface area is 58.8 Å². The third kappa shape index (κ3) is 3.23. The zero-order valence-electron chi connectivity index (χ0n) is 5.05. The summed E-state index contributed by atoms with van der Waals surface area (Å²) in [5.41, 5.74) is 0. The van der Waals surface area contributed by atoms with Crippen LogP contribution in [0.3, 0.4) is 0 Å². The molecule has 0 N–H and O–H groups in total. The van der Waals surface area contributed by atoms with Crippen molar-refractivity contribution in [2.45, 2.75) is 5.25 Å². The van der Waals surface area contributed by atoms with Gasteiger partial charge < -0.3 is 0 Å². The van der Waals surface area contributed by atoms with Gasteiger partial charge in [0.25, 0.3) is 0 Å². The van der Waals surface area contributed by atoms with E-state index in [1.807, 2.05) is 12.5 Å². The van der Waals surface area contributed by atoms with E-state index in [2.05, 4.69) is 6.07 Å². The average Bonchev–Trinajstić information content (AvgIpc) is 1.83. The topological polar surface area (TPSA) is 23.8 Å². The minimum atomic E-state index is 0.185. The molecule has 0 aromatic heterocycles. The Bertz CT molecular complexity index is 86.9. The fraction of sp³-hybridized carbons (Fsp3) is 0.800. The summed E-state index contributed by atoms with van der Waals surface area (Å²) >= 11 is 3.33. The fourth-order valence-electron chi connectivity index (χ4n) is 0.309. The van der Waals surface area contributed by atoms with Crippen LogP contribution in [0.1, 0.15) is 0 Å². The third-order valence-corrected chi connectivity index (χ3v) is 2.47. The SMILES string of the molecule is CSCC(C#N)SC. The van der Waals surface area contributed by atoms with Gasteiger partial charge in [-0.2, -0.15) is 17.0 Å². The number of thioether (sulfide) groups is 2. The van der Waals surface area contributed by atoms with Crippen LogP contribution >= 0.6 is 23.5 Å². The predicted molar refractivity (Wildman–Crippen MR) is 41.3 cm³/mol. The molecular formula is C5H9NS2. The molecule has 0 heterocycles. The maximum atomic E-state index is 8.37. The van der Waals surface area contributed by atoms with E-state index < -0.39 is 0 Å². The van der Waals surface area contributed by atoms with Crippen LogP contribution in [0.5, 0.6) is 0 Å². The Morgan fingerprint density at radius 3 is 2.38 bits per heavy atom. The monoisotopic (exact) mass is 147 g/mol. The van der Waals surface area contributed by atoms with Gasteiger partial charge >= 0.3 is 0 Å². The van der Waals surface area contributed by atoms with E-state index in [0.717, 1.165) is 5.75 Å². The molecule has 0 aromatic rings. The quantitative estimate of drug-likeness (QED) is 0.606. The second-order valence-electron chi connectivity index (χ2n) is 1.31. The lowest BCUT2D eigenvalue weighted by molar-refractivity contribution is 1.27. The van der Waals surface area contributed by atoms with E-state index in [9.17, 15) is 0 Å². The van der Waals surface area contributed by atoms with Crippen molar-refractivity contribution >= 4 is 23.5 Å². The summed E-state index contributed by atoms with van der Waals surface area (Å²) in [6.07, 6.45) is 3.98. The normalized spacial score (nSPS) is 12.6. The van der Waals surface area contributed by atoms with Crippen LogP contribution in [0.15, 0.2) is 0 Å². The van der Waals surface area contributed by atoms with Gasteiger partial charge in [0.1, 0.15) is 5.25 Å². The molecule has 3 heteroatoms. The molecule has 0 radical (unpaired) electrons. The molecule has 0 rings (SSSR count). The standard InChI is InChI=1S/C5H9NS2/c1-7-4-5(3-6)8-2/h5H,4H2,1-2H3. The van der Waals surface area contributed by atoms with Gasteiger partial charge in [-0.05, 0) is 12.5 Å². The average molecular weight is 147 g/mol. The Hall–Kier alpha value is 0.190. The molecular weight excluding hydrogens is 138 g/mol. The maximum absolute atomic E-state index is 8.37. The second-order valence-corrected chi connectivity index (χ2v) is 3.26. The molecule has 0 saturated carbocycles. The lowest BCUT2D eigenvalue weighted by atomic mass is 10.5. The van der Waals surface area contributed by atoms with Gasteiger partial charge in [0.15, 0.2) is 0 Å². The van der Waals surface area contributed by atoms with Crippen LogP contribution in [-0.4, -0.2) is 23.5 Å². The van der Waals surface area contributed by atoms with Crippen molar-refractivity contribution in [3.05, 3.63) is 0 Å². The number of nitriles is 1. The van der Waals surface area contributed by atoms with Gasteiger partial charge in [-0.1, -0.05) is 0 Å². The van der Waals surface area contributed by atoms with E-state index >= 15 is 0 Å². The zero-order valence-corrected chi connectivity index (χ0v) is 6.68. The summed E-state index contributed by atoms with van der Waals surface area (Å²) in [4.78, 5) is 0. The Morgan fingerprint density at radius 2 is 2.25 bits per heavy atom. The minimum absolute atomic E-state index is 0.185. The maximum Gasteiger partial charge on any atom is 0.100 e. The molecule has 0 bridgehead atoms. The summed E-state index contributed by atoms with van der Waals surface area (Å²) in [6, 6.07) is 2.19. The largest absolute Gasteiger partial charge is 0.197 e. The second kappa shape index (κ2) is 5.33. The van der Waals surface area contributed by atoms with Crippen LogP contribution < -0.4 is 0 Å². The summed E-state index contributed by atoms with van der Waals surface area (Å²) in [7, 11) is 0. The molecule has 46 valence electrons. The molecule has 1 nitrogen and oxygen atoms in total. The van der Waals surface area contributed by atoms with Gasteiger partial charge in [0, 0.05) is 5.75 Å². The first-order valence-electron chi connectivity index (χ1n) is 2.26. The number of hydrogen-bond acceptors (Lipinski definition) is 3. The van der Waals surface area contributed by atoms with Crippen molar-refractivity contribution in [1.82, 2.24) is 0 Å². The van der Waals surface area contributed by atoms with Crippen LogP contribution in [0.2, 0.25) is 0 Å². The zero-order chi connectivity index (χ0) is 6.41. The van der Waals surface area contributed by atoms with Crippen LogP contribution in [-0.2, 0) is 0 Å². The van der Waals surface area contributed by atoms with E-state index in [0.29, 0.717) is 0 Å². The Morgan fingerprint density at radius 1 is 1.62 bits per heavy atom. The number of hydrogen-bond donors (Lipinski definition) is 0. The highest BCUT2D eigenvalue weighted by Crippen LogP contribution is 2.09. The van der Waals surface area contributed by atoms with Crippen LogP contribution in [0.4, 0.5) is 0 Å². The highest BCUT2D eigenvalue weighted by Gasteiger charge is 2.00. The fourth-order valence-corrected chi connectivity index (χ4v) is 1.74. The molecule has 0 aliphatic rings. The van der Waals surface area contributed by atoms with Crippen molar-refractivity contribution in [1.29, 1.82) is 5.26 Å². The Kier molecular flexibility index (Phi) is 5.46. The van der Waals surface area contributed by atoms with Crippen LogP contribution in [0.25, 0.3) is 0 Å². The smallest absolute Gasteiger partial charge is 0.100 e. The Balaban J connectivity index is 3.26. The summed E-state index contributed by atoms with van der Waals surface area (Å²) in [6.45, 7) is 0. The predicted octanol–water partition coefficient (Wildman–Crippen LogP) is 1.60. The highest BCUT2D eigenvalue weighted by atomic mass is 32.2. The molecule has 0 aliphatic carbocycles. The molecule has 1 unspecified atom stereocenters. The lowest BCUT2D eigenvalue weighted by Gasteiger charge is -1.99. The third-order valence-electron chi connectivity index (χ3n) is 0.747. The van der Waals surface area contributed by atoms with Crippen molar-refractivity contribution < 1.29 is 0 Å². The molecule has 0 amide bonds. The molecule has 0 aromatic carbocycles. The lowest BCUT2D eigenvalue weighted by Crippen LogP contribution is -1.99. The van der Waals surface area contributed by atoms with Gasteiger partial charge in [0.2, 0.25) is 0 Å². The van der Waals surface area contributed by atoms with E-state index in [4.69, 9.17) is 5.26 Å². The van der Waals surface area contributed by atoms with Crippen LogP contribution in [0, 0.1) is 11.3 Å². The summed E-state index contributed by atoms with van der Waals surface area (Å²) in [5, 5.41) is 8.56. The van der Waals surface area contributed by atoms with E-state index in [-0.39, 0.29) is 5.25 Å². The molecule has 1 atom stereocenters. The first-order valence-corrected chi connectivity index (χ1v) is 4.94. The molecule has 0 fully saturated rings. The molecule has 0 spiro atoms. The molecule has 8 heavy (non-hydrogen) atoms. The summed E-state index contributed by atoms with van der Waals surface area (Å²) in [5.74, 6) is 0.942. The molecule has 0 saturated heterocycles. The van der Waals surface area contributed by atoms with Crippen molar-refractivity contribution in [3.63, 3.8) is 0 Å². The molecule has 0 aliphatic heterocycles. The summed E-state index contributed by atoms with van der Waals surface area (Å²) < 4.78 is 0. The van der Waals surface area contributed by atoms with E-state index in [1.54, 1.807) is 23.5 Å². The number of nitrogens with zero attached hydrogens (tertiary/aromatic N) is 1. The van der Waals surface area contributed by atoms with E-state index in [1.165, 1.54) is 0 Å². The van der Waals surface area contributed by atoms with Gasteiger partial charge in [-0.3, -0.25) is 0 Å². The number of rotatable bonds is 3. The first kappa shape index (κ1) is 8.19. The van der Waals surface area contributed by atoms with Crippen molar-refractivity contribution in [2.24, 2.45) is 0 Å². The van der Waals surface area contributed by atoms with Crippen molar-refractivity contribution in [3.8, 4) is 6.07 Å². The first-order chi connectivity index (χ1) is 3.85. The van der Waals surface area contributed by atoms with Gasteiger partial charge in [-0.15, -0.1) is 11.8 Å². The highest BCUT2D eigenvalue weighted by molar-refractivity contribution is 8.02. The van der Waals surface area contributed by atoms with Gasteiger partial charge in [-0.25, -0.2) is 0 Å².